The van der Waals surface area contributed by atoms with E-state index in [1.54, 1.807) is 6.07 Å². The summed E-state index contributed by atoms with van der Waals surface area (Å²) in [6.45, 7) is -0.0908. The molecule has 0 aromatic heterocycles. The summed E-state index contributed by atoms with van der Waals surface area (Å²) < 4.78 is 5.14. The molecule has 1 aliphatic heterocycles. The average molecular weight is 222 g/mol. The van der Waals surface area contributed by atoms with Gasteiger partial charge in [-0.1, -0.05) is 0 Å². The fourth-order valence-corrected chi connectivity index (χ4v) is 1.62. The van der Waals surface area contributed by atoms with E-state index in [1.807, 2.05) is 0 Å². The molecule has 6 nitrogen and oxygen atoms in total. The summed E-state index contributed by atoms with van der Waals surface area (Å²) in [6, 6.07) is 3.01. The average Bonchev–Trinajstić information content (AvgIpc) is 2.23. The lowest BCUT2D eigenvalue weighted by Gasteiger charge is -2.27. The van der Waals surface area contributed by atoms with Gasteiger partial charge in [0.15, 0.2) is 6.61 Å². The van der Waals surface area contributed by atoms with E-state index in [1.165, 1.54) is 18.0 Å². The maximum absolute atomic E-state index is 11.4. The predicted octanol–water partition coefficient (Wildman–Crippen LogP) is 0.322. The van der Waals surface area contributed by atoms with Gasteiger partial charge in [-0.25, -0.2) is 4.79 Å². The van der Waals surface area contributed by atoms with Crippen molar-refractivity contribution in [2.45, 2.75) is 0 Å². The first-order valence-electron chi connectivity index (χ1n) is 4.57. The van der Waals surface area contributed by atoms with Gasteiger partial charge in [-0.05, 0) is 12.1 Å². The number of carboxylic acid groups (broad SMARTS) is 1. The van der Waals surface area contributed by atoms with Gasteiger partial charge in [0.25, 0.3) is 5.91 Å². The molecule has 2 rings (SSSR count). The third-order valence-corrected chi connectivity index (χ3v) is 2.45. The topological polar surface area (TPSA) is 92.9 Å². The van der Waals surface area contributed by atoms with E-state index in [2.05, 4.69) is 0 Å². The molecular weight excluding hydrogens is 212 g/mol. The van der Waals surface area contributed by atoms with Gasteiger partial charge in [0.1, 0.15) is 17.0 Å². The predicted molar refractivity (Wildman–Crippen MR) is 56.7 cm³/mol. The van der Waals surface area contributed by atoms with Gasteiger partial charge in [0.2, 0.25) is 0 Å². The molecule has 0 bridgehead atoms. The minimum Gasteiger partial charge on any atom is -0.482 e. The zero-order valence-corrected chi connectivity index (χ0v) is 8.56. The number of aromatic carboxylic acids is 1. The first kappa shape index (κ1) is 10.3. The normalized spacial score (nSPS) is 14.3. The van der Waals surface area contributed by atoms with E-state index in [-0.39, 0.29) is 29.5 Å². The van der Waals surface area contributed by atoms with Crippen molar-refractivity contribution < 1.29 is 19.4 Å². The van der Waals surface area contributed by atoms with Crippen molar-refractivity contribution in [2.75, 3.05) is 24.3 Å². The van der Waals surface area contributed by atoms with Crippen LogP contribution in [0.25, 0.3) is 0 Å². The minimum atomic E-state index is -1.18. The molecule has 6 heteroatoms. The van der Waals surface area contributed by atoms with E-state index in [0.29, 0.717) is 5.75 Å². The fourth-order valence-electron chi connectivity index (χ4n) is 1.62. The Labute approximate surface area is 91.2 Å². The molecular formula is C10H10N2O4. The van der Waals surface area contributed by atoms with Crippen LogP contribution in [0.5, 0.6) is 5.75 Å². The number of benzene rings is 1. The second kappa shape index (κ2) is 3.41. The number of amides is 1. The highest BCUT2D eigenvalue weighted by Crippen LogP contribution is 2.37. The fraction of sp³-hybridized carbons (Fsp3) is 0.200. The molecule has 0 unspecified atom stereocenters. The monoisotopic (exact) mass is 222 g/mol. The van der Waals surface area contributed by atoms with E-state index in [9.17, 15) is 9.59 Å². The zero-order chi connectivity index (χ0) is 11.9. The van der Waals surface area contributed by atoms with Gasteiger partial charge in [-0.15, -0.1) is 0 Å². The molecule has 0 spiro atoms. The number of fused-ring (bicyclic) bond motifs is 1. The van der Waals surface area contributed by atoms with Crippen molar-refractivity contribution in [1.82, 2.24) is 0 Å². The number of nitrogens with zero attached hydrogens (tertiary/aromatic N) is 1. The van der Waals surface area contributed by atoms with Crippen LogP contribution in [0.1, 0.15) is 10.4 Å². The number of likely N-dealkylation sites (N-methyl/N-ethyl adjacent to an activating group) is 1. The third-order valence-electron chi connectivity index (χ3n) is 2.45. The van der Waals surface area contributed by atoms with E-state index in [4.69, 9.17) is 15.6 Å². The maximum atomic E-state index is 11.4. The molecule has 0 saturated carbocycles. The zero-order valence-electron chi connectivity index (χ0n) is 8.56. The van der Waals surface area contributed by atoms with Gasteiger partial charge in [-0.2, -0.15) is 0 Å². The van der Waals surface area contributed by atoms with Gasteiger partial charge >= 0.3 is 5.97 Å². The Morgan fingerprint density at radius 3 is 2.88 bits per heavy atom. The van der Waals surface area contributed by atoms with Crippen LogP contribution in [-0.2, 0) is 4.79 Å². The summed E-state index contributed by atoms with van der Waals surface area (Å²) in [7, 11) is 1.50. The summed E-state index contributed by atoms with van der Waals surface area (Å²) in [5.41, 5.74) is 5.79. The quantitative estimate of drug-likeness (QED) is 0.667. The van der Waals surface area contributed by atoms with Crippen molar-refractivity contribution in [2.24, 2.45) is 0 Å². The van der Waals surface area contributed by atoms with Crippen molar-refractivity contribution in [3.63, 3.8) is 0 Å². The van der Waals surface area contributed by atoms with Crippen molar-refractivity contribution in [3.05, 3.63) is 17.7 Å². The number of rotatable bonds is 1. The number of carbonyl (C=O) groups is 2. The SMILES string of the molecule is CN1C(=O)COc2ccc(N)c(C(=O)O)c21. The van der Waals surface area contributed by atoms with Crippen molar-refractivity contribution >= 4 is 23.3 Å². The molecule has 3 N–H and O–H groups in total. The van der Waals surface area contributed by atoms with Crippen LogP contribution in [0.4, 0.5) is 11.4 Å². The van der Waals surface area contributed by atoms with Gasteiger partial charge < -0.3 is 20.5 Å². The lowest BCUT2D eigenvalue weighted by Crippen LogP contribution is -2.36. The number of hydrogen-bond acceptors (Lipinski definition) is 4. The first-order chi connectivity index (χ1) is 7.52. The van der Waals surface area contributed by atoms with Gasteiger partial charge in [0.05, 0.1) is 0 Å². The summed E-state index contributed by atoms with van der Waals surface area (Å²) in [5, 5.41) is 9.05. The first-order valence-corrected chi connectivity index (χ1v) is 4.57. The molecule has 84 valence electrons. The lowest BCUT2D eigenvalue weighted by molar-refractivity contribution is -0.120. The maximum Gasteiger partial charge on any atom is 0.340 e. The smallest absolute Gasteiger partial charge is 0.340 e. The molecule has 0 aliphatic carbocycles. The summed E-state index contributed by atoms with van der Waals surface area (Å²) >= 11 is 0. The molecule has 0 atom stereocenters. The highest BCUT2D eigenvalue weighted by Gasteiger charge is 2.29. The molecule has 16 heavy (non-hydrogen) atoms. The minimum absolute atomic E-state index is 0.0908. The summed E-state index contributed by atoms with van der Waals surface area (Å²) in [6.07, 6.45) is 0. The highest BCUT2D eigenvalue weighted by atomic mass is 16.5. The molecule has 1 amide bonds. The summed E-state index contributed by atoms with van der Waals surface area (Å²) in [4.78, 5) is 23.7. The van der Waals surface area contributed by atoms with Crippen LogP contribution in [0, 0.1) is 0 Å². The van der Waals surface area contributed by atoms with E-state index >= 15 is 0 Å². The van der Waals surface area contributed by atoms with Crippen LogP contribution in [0.3, 0.4) is 0 Å². The number of carbonyl (C=O) groups excluding carboxylic acids is 1. The Morgan fingerprint density at radius 2 is 2.25 bits per heavy atom. The largest absolute Gasteiger partial charge is 0.482 e. The number of hydrogen-bond donors (Lipinski definition) is 2. The standard InChI is InChI=1S/C10H10N2O4/c1-12-7(13)4-16-6-3-2-5(11)8(9(6)12)10(14)15/h2-3H,4,11H2,1H3,(H,14,15). The molecule has 0 saturated heterocycles. The van der Waals surface area contributed by atoms with Crippen LogP contribution < -0.4 is 15.4 Å². The summed E-state index contributed by atoms with van der Waals surface area (Å²) in [5.74, 6) is -1.13. The third kappa shape index (κ3) is 1.35. The van der Waals surface area contributed by atoms with Crippen LogP contribution in [0.2, 0.25) is 0 Å². The molecule has 1 aliphatic rings. The van der Waals surface area contributed by atoms with Crippen LogP contribution in [0.15, 0.2) is 12.1 Å². The Morgan fingerprint density at radius 1 is 1.56 bits per heavy atom. The molecule has 0 radical (unpaired) electrons. The number of nitrogens with two attached hydrogens (primary N) is 1. The van der Waals surface area contributed by atoms with E-state index in [0.717, 1.165) is 0 Å². The van der Waals surface area contributed by atoms with Gasteiger partial charge in [-0.3, -0.25) is 4.79 Å². The number of nitrogen functional groups attached to an aromatic ring is 1. The Hall–Kier alpha value is -2.24. The lowest BCUT2D eigenvalue weighted by atomic mass is 10.1. The Bertz CT molecular complexity index is 484. The molecule has 1 aromatic carbocycles. The number of ether oxygens (including phenoxy) is 1. The highest BCUT2D eigenvalue weighted by molar-refractivity contribution is 6.08. The van der Waals surface area contributed by atoms with Crippen LogP contribution >= 0.6 is 0 Å². The number of carboxylic acids is 1. The van der Waals surface area contributed by atoms with Crippen molar-refractivity contribution in [1.29, 1.82) is 0 Å². The molecule has 1 aromatic rings. The van der Waals surface area contributed by atoms with Crippen LogP contribution in [-0.4, -0.2) is 30.6 Å². The van der Waals surface area contributed by atoms with Crippen molar-refractivity contribution in [3.8, 4) is 5.75 Å². The van der Waals surface area contributed by atoms with Gasteiger partial charge in [0, 0.05) is 12.7 Å². The molecule has 1 heterocycles. The Balaban J connectivity index is 2.70. The number of anilines is 2. The second-order valence-corrected chi connectivity index (χ2v) is 3.42. The van der Waals surface area contributed by atoms with E-state index < -0.39 is 5.97 Å². The molecule has 0 fully saturated rings. The Kier molecular flexibility index (Phi) is 2.19. The second-order valence-electron chi connectivity index (χ2n) is 3.42.